The van der Waals surface area contributed by atoms with E-state index in [1.54, 1.807) is 6.07 Å². The normalized spacial score (nSPS) is 23.1. The van der Waals surface area contributed by atoms with Crippen LogP contribution in [0.2, 0.25) is 0 Å². The largest absolute Gasteiger partial charge is 0.368 e. The van der Waals surface area contributed by atoms with Gasteiger partial charge < -0.3 is 5.32 Å². The first-order valence-electron chi connectivity index (χ1n) is 8.91. The summed E-state index contributed by atoms with van der Waals surface area (Å²) in [7, 11) is 0. The van der Waals surface area contributed by atoms with Crippen LogP contribution in [-0.2, 0) is 12.0 Å². The number of hydrogen-bond donors (Lipinski definition) is 1. The molecule has 1 N–H and O–H groups in total. The van der Waals surface area contributed by atoms with Gasteiger partial charge in [-0.2, -0.15) is 0 Å². The molecule has 0 saturated carbocycles. The van der Waals surface area contributed by atoms with Crippen LogP contribution in [0.1, 0.15) is 31.8 Å². The SMILES string of the molecule is O=C1c2ccc(F)cc2C[C@@H]1[C@]1(c2ccccc2)Nc2ccccc2C1=O. The van der Waals surface area contributed by atoms with Crippen LogP contribution in [0.5, 0.6) is 0 Å². The van der Waals surface area contributed by atoms with E-state index >= 15 is 0 Å². The molecular formula is C23H16FNO2. The Kier molecular flexibility index (Phi) is 3.31. The lowest BCUT2D eigenvalue weighted by atomic mass is 9.73. The number of para-hydroxylation sites is 1. The van der Waals surface area contributed by atoms with Crippen LogP contribution in [0.25, 0.3) is 0 Å². The first-order chi connectivity index (χ1) is 13.1. The topological polar surface area (TPSA) is 46.2 Å². The third-order valence-electron chi connectivity index (χ3n) is 5.69. The van der Waals surface area contributed by atoms with Crippen molar-refractivity contribution in [3.63, 3.8) is 0 Å². The molecule has 1 aliphatic carbocycles. The van der Waals surface area contributed by atoms with E-state index in [9.17, 15) is 14.0 Å². The highest BCUT2D eigenvalue weighted by Gasteiger charge is 2.56. The molecule has 0 unspecified atom stereocenters. The molecule has 5 rings (SSSR count). The van der Waals surface area contributed by atoms with Gasteiger partial charge in [-0.3, -0.25) is 9.59 Å². The lowest BCUT2D eigenvalue weighted by Gasteiger charge is -2.34. The second-order valence-electron chi connectivity index (χ2n) is 7.10. The van der Waals surface area contributed by atoms with E-state index < -0.39 is 11.5 Å². The number of Topliss-reactive ketones (excluding diaryl/α,β-unsaturated/α-hetero) is 2. The van der Waals surface area contributed by atoms with Crippen molar-refractivity contribution in [3.8, 4) is 0 Å². The summed E-state index contributed by atoms with van der Waals surface area (Å²) in [5, 5.41) is 3.37. The summed E-state index contributed by atoms with van der Waals surface area (Å²) in [5.41, 5.74) is 2.03. The van der Waals surface area contributed by atoms with Gasteiger partial charge in [0.15, 0.2) is 11.6 Å². The molecule has 0 spiro atoms. The van der Waals surface area contributed by atoms with Crippen molar-refractivity contribution in [1.82, 2.24) is 0 Å². The lowest BCUT2D eigenvalue weighted by Crippen LogP contribution is -2.48. The average molecular weight is 357 g/mol. The minimum absolute atomic E-state index is 0.115. The number of carbonyl (C=O) groups is 2. The maximum absolute atomic E-state index is 13.7. The molecule has 0 fully saturated rings. The summed E-state index contributed by atoms with van der Waals surface area (Å²) in [5.74, 6) is -1.24. The van der Waals surface area contributed by atoms with Crippen LogP contribution in [0, 0.1) is 11.7 Å². The zero-order valence-corrected chi connectivity index (χ0v) is 14.4. The summed E-state index contributed by atoms with van der Waals surface area (Å²) >= 11 is 0. The van der Waals surface area contributed by atoms with Gasteiger partial charge in [0, 0.05) is 16.8 Å². The van der Waals surface area contributed by atoms with E-state index in [0.717, 1.165) is 11.3 Å². The van der Waals surface area contributed by atoms with E-state index in [2.05, 4.69) is 5.32 Å². The second kappa shape index (κ2) is 5.61. The average Bonchev–Trinajstić information content (AvgIpc) is 3.18. The minimum atomic E-state index is -1.18. The summed E-state index contributed by atoms with van der Waals surface area (Å²) in [4.78, 5) is 26.8. The molecule has 1 heterocycles. The van der Waals surface area contributed by atoms with Crippen LogP contribution in [0.15, 0.2) is 72.8 Å². The lowest BCUT2D eigenvalue weighted by molar-refractivity contribution is 0.0770. The molecule has 0 amide bonds. The molecule has 0 saturated heterocycles. The van der Waals surface area contributed by atoms with Gasteiger partial charge in [0.25, 0.3) is 0 Å². The van der Waals surface area contributed by atoms with Gasteiger partial charge in [0.05, 0.1) is 5.92 Å². The van der Waals surface area contributed by atoms with Gasteiger partial charge in [-0.15, -0.1) is 0 Å². The second-order valence-corrected chi connectivity index (χ2v) is 7.10. The van der Waals surface area contributed by atoms with Gasteiger partial charge in [-0.05, 0) is 47.9 Å². The van der Waals surface area contributed by atoms with E-state index in [1.165, 1.54) is 18.2 Å². The highest BCUT2D eigenvalue weighted by Crippen LogP contribution is 2.48. The number of anilines is 1. The number of carbonyl (C=O) groups excluding carboxylic acids is 2. The number of ketones is 2. The number of fused-ring (bicyclic) bond motifs is 2. The molecule has 3 aromatic carbocycles. The van der Waals surface area contributed by atoms with Crippen molar-refractivity contribution in [1.29, 1.82) is 0 Å². The Bertz CT molecular complexity index is 1090. The molecule has 0 aromatic heterocycles. The standard InChI is InChI=1S/C23H16FNO2/c24-16-10-11-17-14(12-16)13-19(21(17)26)23(15-6-2-1-3-7-15)22(27)18-8-4-5-9-20(18)25-23/h1-12,19,25H,13H2/t19-,23-/m0/s1. The van der Waals surface area contributed by atoms with Crippen LogP contribution in [-0.4, -0.2) is 11.6 Å². The Morgan fingerprint density at radius 1 is 0.889 bits per heavy atom. The minimum Gasteiger partial charge on any atom is -0.368 e. The fraction of sp³-hybridized carbons (Fsp3) is 0.130. The van der Waals surface area contributed by atoms with Crippen LogP contribution < -0.4 is 5.32 Å². The van der Waals surface area contributed by atoms with Crippen molar-refractivity contribution in [2.24, 2.45) is 5.92 Å². The number of hydrogen-bond acceptors (Lipinski definition) is 3. The van der Waals surface area contributed by atoms with Gasteiger partial charge in [0.2, 0.25) is 0 Å². The molecule has 3 nitrogen and oxygen atoms in total. The Labute approximate surface area is 155 Å². The summed E-state index contributed by atoms with van der Waals surface area (Å²) in [6.45, 7) is 0. The Balaban J connectivity index is 1.70. The van der Waals surface area contributed by atoms with Gasteiger partial charge in [0.1, 0.15) is 11.4 Å². The Hall–Kier alpha value is -3.27. The van der Waals surface area contributed by atoms with E-state index in [0.29, 0.717) is 23.1 Å². The fourth-order valence-electron chi connectivity index (χ4n) is 4.44. The summed E-state index contributed by atoms with van der Waals surface area (Å²) in [6.07, 6.45) is 0.327. The molecule has 27 heavy (non-hydrogen) atoms. The zero-order valence-electron chi connectivity index (χ0n) is 14.4. The van der Waals surface area contributed by atoms with Gasteiger partial charge in [-0.1, -0.05) is 42.5 Å². The maximum Gasteiger partial charge on any atom is 0.195 e. The quantitative estimate of drug-likeness (QED) is 0.740. The molecule has 0 bridgehead atoms. The molecule has 1 aliphatic heterocycles. The number of nitrogens with one attached hydrogen (secondary N) is 1. The highest BCUT2D eigenvalue weighted by molar-refractivity contribution is 6.18. The van der Waals surface area contributed by atoms with Crippen molar-refractivity contribution < 1.29 is 14.0 Å². The molecule has 2 aliphatic rings. The van der Waals surface area contributed by atoms with Crippen LogP contribution in [0.3, 0.4) is 0 Å². The first-order valence-corrected chi connectivity index (χ1v) is 8.91. The summed E-state index contributed by atoms with van der Waals surface area (Å²) in [6, 6.07) is 20.9. The molecule has 0 radical (unpaired) electrons. The van der Waals surface area contributed by atoms with Gasteiger partial charge >= 0.3 is 0 Å². The van der Waals surface area contributed by atoms with E-state index in [1.807, 2.05) is 48.5 Å². The van der Waals surface area contributed by atoms with E-state index in [-0.39, 0.29) is 17.4 Å². The third-order valence-corrected chi connectivity index (χ3v) is 5.69. The smallest absolute Gasteiger partial charge is 0.195 e. The molecule has 3 aromatic rings. The van der Waals surface area contributed by atoms with Crippen molar-refractivity contribution in [2.45, 2.75) is 12.0 Å². The van der Waals surface area contributed by atoms with E-state index in [4.69, 9.17) is 0 Å². The molecule has 4 heteroatoms. The highest BCUT2D eigenvalue weighted by atomic mass is 19.1. The third kappa shape index (κ3) is 2.13. The Morgan fingerprint density at radius 3 is 2.41 bits per heavy atom. The predicted molar refractivity (Wildman–Crippen MR) is 100 cm³/mol. The van der Waals surface area contributed by atoms with Crippen molar-refractivity contribution in [3.05, 3.63) is 101 Å². The van der Waals surface area contributed by atoms with Crippen LogP contribution in [0.4, 0.5) is 10.1 Å². The monoisotopic (exact) mass is 357 g/mol. The predicted octanol–water partition coefficient (Wildman–Crippen LogP) is 4.38. The molecule has 132 valence electrons. The fourth-order valence-corrected chi connectivity index (χ4v) is 4.44. The van der Waals surface area contributed by atoms with Crippen molar-refractivity contribution >= 4 is 17.3 Å². The maximum atomic E-state index is 13.7. The molecular weight excluding hydrogens is 341 g/mol. The molecule has 2 atom stereocenters. The zero-order chi connectivity index (χ0) is 18.6. The number of halogens is 1. The van der Waals surface area contributed by atoms with Crippen molar-refractivity contribution in [2.75, 3.05) is 5.32 Å². The summed E-state index contributed by atoms with van der Waals surface area (Å²) < 4.78 is 13.7. The van der Waals surface area contributed by atoms with Crippen LogP contribution >= 0.6 is 0 Å². The Morgan fingerprint density at radius 2 is 1.63 bits per heavy atom. The number of rotatable bonds is 2. The van der Waals surface area contributed by atoms with Gasteiger partial charge in [-0.25, -0.2) is 4.39 Å². The number of benzene rings is 3. The first kappa shape index (κ1) is 15.9.